The van der Waals surface area contributed by atoms with Crippen molar-refractivity contribution in [3.8, 4) is 0 Å². The van der Waals surface area contributed by atoms with Crippen LogP contribution in [0, 0.1) is 5.92 Å². The van der Waals surface area contributed by atoms with Crippen molar-refractivity contribution in [1.82, 2.24) is 10.2 Å². The number of rotatable bonds is 6. The Kier molecular flexibility index (Phi) is 5.26. The number of aliphatic carboxylic acids is 1. The quantitative estimate of drug-likeness (QED) is 0.786. The van der Waals surface area contributed by atoms with Gasteiger partial charge < -0.3 is 15.3 Å². The van der Waals surface area contributed by atoms with E-state index in [-0.39, 0.29) is 24.5 Å². The number of nitrogens with one attached hydrogen (secondary N) is 1. The van der Waals surface area contributed by atoms with E-state index < -0.39 is 5.97 Å². The van der Waals surface area contributed by atoms with E-state index >= 15 is 0 Å². The summed E-state index contributed by atoms with van der Waals surface area (Å²) in [5.74, 6) is -0.0313. The minimum atomic E-state index is -0.820. The predicted octanol–water partition coefficient (Wildman–Crippen LogP) is 2.60. The van der Waals surface area contributed by atoms with Crippen LogP contribution in [0.1, 0.15) is 58.3 Å². The number of hydrogen-bond acceptors (Lipinski definition) is 2. The third-order valence-corrected chi connectivity index (χ3v) is 4.43. The van der Waals surface area contributed by atoms with E-state index in [9.17, 15) is 9.59 Å². The first kappa shape index (κ1) is 15.1. The first-order valence-electron chi connectivity index (χ1n) is 7.89. The summed E-state index contributed by atoms with van der Waals surface area (Å²) in [6, 6.07) is 0.0329. The van der Waals surface area contributed by atoms with Gasteiger partial charge in [0.05, 0.1) is 6.42 Å². The van der Waals surface area contributed by atoms with Crippen LogP contribution in [0.5, 0.6) is 0 Å². The van der Waals surface area contributed by atoms with Crippen LogP contribution in [-0.4, -0.2) is 40.6 Å². The van der Waals surface area contributed by atoms with Gasteiger partial charge in [-0.05, 0) is 38.0 Å². The molecule has 2 N–H and O–H groups in total. The van der Waals surface area contributed by atoms with E-state index in [4.69, 9.17) is 5.11 Å². The van der Waals surface area contributed by atoms with Gasteiger partial charge in [-0.2, -0.15) is 0 Å². The van der Waals surface area contributed by atoms with Crippen LogP contribution in [0.15, 0.2) is 0 Å². The van der Waals surface area contributed by atoms with Crippen LogP contribution in [0.25, 0.3) is 0 Å². The standard InChI is InChI=1S/C15H26N2O3/c1-2-12(9-11-6-7-11)16-15(20)17-8-4-3-5-13(17)10-14(18)19/h11-13H,2-10H2,1H3,(H,16,20)(H,18,19). The van der Waals surface area contributed by atoms with Gasteiger partial charge >= 0.3 is 12.0 Å². The second-order valence-corrected chi connectivity index (χ2v) is 6.17. The molecule has 0 aromatic carbocycles. The molecule has 5 heteroatoms. The van der Waals surface area contributed by atoms with E-state index in [1.165, 1.54) is 12.8 Å². The highest BCUT2D eigenvalue weighted by Gasteiger charge is 2.31. The maximum atomic E-state index is 12.4. The second-order valence-electron chi connectivity index (χ2n) is 6.17. The van der Waals surface area contributed by atoms with Crippen molar-refractivity contribution < 1.29 is 14.7 Å². The number of amides is 2. The molecule has 2 amide bonds. The van der Waals surface area contributed by atoms with Gasteiger partial charge in [0.1, 0.15) is 0 Å². The lowest BCUT2D eigenvalue weighted by Gasteiger charge is -2.36. The summed E-state index contributed by atoms with van der Waals surface area (Å²) in [5, 5.41) is 12.1. The average Bonchev–Trinajstić information content (AvgIpc) is 3.21. The number of carboxylic acid groups (broad SMARTS) is 1. The predicted molar refractivity (Wildman–Crippen MR) is 76.5 cm³/mol. The van der Waals surface area contributed by atoms with Gasteiger partial charge in [0, 0.05) is 18.6 Å². The number of urea groups is 1. The van der Waals surface area contributed by atoms with Gasteiger partial charge in [0.25, 0.3) is 0 Å². The first-order valence-corrected chi connectivity index (χ1v) is 7.89. The Hall–Kier alpha value is -1.26. The van der Waals surface area contributed by atoms with Gasteiger partial charge in [-0.25, -0.2) is 4.79 Å². The van der Waals surface area contributed by atoms with Gasteiger partial charge in [-0.15, -0.1) is 0 Å². The average molecular weight is 282 g/mol. The summed E-state index contributed by atoms with van der Waals surface area (Å²) in [6.45, 7) is 2.78. The normalized spacial score (nSPS) is 24.2. The Morgan fingerprint density at radius 3 is 2.65 bits per heavy atom. The van der Waals surface area contributed by atoms with Crippen molar-refractivity contribution in [3.63, 3.8) is 0 Å². The molecular formula is C15H26N2O3. The maximum absolute atomic E-state index is 12.4. The minimum absolute atomic E-state index is 0.0623. The Balaban J connectivity index is 1.88. The molecule has 20 heavy (non-hydrogen) atoms. The lowest BCUT2D eigenvalue weighted by Crippen LogP contribution is -2.51. The Labute approximate surface area is 120 Å². The zero-order valence-corrected chi connectivity index (χ0v) is 12.3. The zero-order chi connectivity index (χ0) is 14.5. The second kappa shape index (κ2) is 6.95. The topological polar surface area (TPSA) is 69.6 Å². The van der Waals surface area contributed by atoms with Crippen LogP contribution in [0.3, 0.4) is 0 Å². The smallest absolute Gasteiger partial charge is 0.317 e. The molecule has 2 rings (SSSR count). The van der Waals surface area contributed by atoms with Crippen molar-refractivity contribution in [2.24, 2.45) is 5.92 Å². The molecule has 0 bridgehead atoms. The molecule has 2 fully saturated rings. The molecule has 2 unspecified atom stereocenters. The summed E-state index contributed by atoms with van der Waals surface area (Å²) in [7, 11) is 0. The van der Waals surface area contributed by atoms with Crippen molar-refractivity contribution in [1.29, 1.82) is 0 Å². The van der Waals surface area contributed by atoms with Crippen LogP contribution < -0.4 is 5.32 Å². The van der Waals surface area contributed by atoms with E-state index in [2.05, 4.69) is 12.2 Å². The number of carboxylic acids is 1. The molecule has 1 saturated carbocycles. The van der Waals surface area contributed by atoms with Crippen LogP contribution in [0.4, 0.5) is 4.79 Å². The zero-order valence-electron chi connectivity index (χ0n) is 12.3. The van der Waals surface area contributed by atoms with E-state index in [0.717, 1.165) is 38.0 Å². The number of piperidine rings is 1. The lowest BCUT2D eigenvalue weighted by molar-refractivity contribution is -0.138. The molecule has 2 aliphatic rings. The fraction of sp³-hybridized carbons (Fsp3) is 0.867. The molecule has 1 heterocycles. The highest BCUT2D eigenvalue weighted by molar-refractivity contribution is 5.76. The molecule has 2 atom stereocenters. The number of carbonyl (C=O) groups is 2. The van der Waals surface area contributed by atoms with Crippen molar-refractivity contribution in [2.75, 3.05) is 6.54 Å². The third kappa shape index (κ3) is 4.39. The Bertz CT molecular complexity index is 355. The van der Waals surface area contributed by atoms with Crippen LogP contribution >= 0.6 is 0 Å². The highest BCUT2D eigenvalue weighted by atomic mass is 16.4. The molecule has 0 aromatic heterocycles. The van der Waals surface area contributed by atoms with E-state index in [1.54, 1.807) is 4.90 Å². The third-order valence-electron chi connectivity index (χ3n) is 4.43. The summed E-state index contributed by atoms with van der Waals surface area (Å²) < 4.78 is 0. The number of likely N-dealkylation sites (tertiary alicyclic amines) is 1. The molecule has 1 aliphatic heterocycles. The van der Waals surface area contributed by atoms with Crippen LogP contribution in [-0.2, 0) is 4.79 Å². The number of carbonyl (C=O) groups excluding carboxylic acids is 1. The van der Waals surface area contributed by atoms with E-state index in [0.29, 0.717) is 6.54 Å². The molecule has 0 radical (unpaired) electrons. The van der Waals surface area contributed by atoms with Crippen molar-refractivity contribution in [2.45, 2.75) is 70.4 Å². The van der Waals surface area contributed by atoms with Crippen molar-refractivity contribution in [3.05, 3.63) is 0 Å². The molecule has 1 saturated heterocycles. The van der Waals surface area contributed by atoms with Gasteiger partial charge in [-0.1, -0.05) is 19.8 Å². The lowest BCUT2D eigenvalue weighted by atomic mass is 9.99. The number of hydrogen-bond donors (Lipinski definition) is 2. The maximum Gasteiger partial charge on any atom is 0.317 e. The summed E-state index contributed by atoms with van der Waals surface area (Å²) in [6.07, 6.45) is 7.45. The molecule has 5 nitrogen and oxygen atoms in total. The summed E-state index contributed by atoms with van der Waals surface area (Å²) in [4.78, 5) is 25.0. The Morgan fingerprint density at radius 2 is 2.05 bits per heavy atom. The minimum Gasteiger partial charge on any atom is -0.481 e. The van der Waals surface area contributed by atoms with E-state index in [1.807, 2.05) is 0 Å². The number of nitrogens with zero attached hydrogens (tertiary/aromatic N) is 1. The molecule has 0 spiro atoms. The van der Waals surface area contributed by atoms with Crippen LogP contribution in [0.2, 0.25) is 0 Å². The fourth-order valence-corrected chi connectivity index (χ4v) is 3.02. The Morgan fingerprint density at radius 1 is 1.30 bits per heavy atom. The summed E-state index contributed by atoms with van der Waals surface area (Å²) in [5.41, 5.74) is 0. The molecular weight excluding hydrogens is 256 g/mol. The highest BCUT2D eigenvalue weighted by Crippen LogP contribution is 2.34. The van der Waals surface area contributed by atoms with Gasteiger partial charge in [0.15, 0.2) is 0 Å². The summed E-state index contributed by atoms with van der Waals surface area (Å²) >= 11 is 0. The van der Waals surface area contributed by atoms with Crippen molar-refractivity contribution >= 4 is 12.0 Å². The van der Waals surface area contributed by atoms with Gasteiger partial charge in [-0.3, -0.25) is 4.79 Å². The molecule has 1 aliphatic carbocycles. The molecule has 114 valence electrons. The first-order chi connectivity index (χ1) is 9.60. The SMILES string of the molecule is CCC(CC1CC1)NC(=O)N1CCCCC1CC(=O)O. The van der Waals surface area contributed by atoms with Gasteiger partial charge in [0.2, 0.25) is 0 Å². The monoisotopic (exact) mass is 282 g/mol. The largest absolute Gasteiger partial charge is 0.481 e. The molecule has 0 aromatic rings. The fourth-order valence-electron chi connectivity index (χ4n) is 3.02.